The summed E-state index contributed by atoms with van der Waals surface area (Å²) in [7, 11) is 1.23. The van der Waals surface area contributed by atoms with Gasteiger partial charge in [-0.25, -0.2) is 9.48 Å². The van der Waals surface area contributed by atoms with Gasteiger partial charge in [0.25, 0.3) is 5.91 Å². The summed E-state index contributed by atoms with van der Waals surface area (Å²) >= 11 is 0. The molecule has 1 aromatic carbocycles. The van der Waals surface area contributed by atoms with E-state index in [1.165, 1.54) is 31.4 Å². The number of alkyl halides is 3. The molecule has 2 heterocycles. The summed E-state index contributed by atoms with van der Waals surface area (Å²) in [6, 6.07) is 6.40. The van der Waals surface area contributed by atoms with Crippen molar-refractivity contribution in [1.29, 1.82) is 0 Å². The van der Waals surface area contributed by atoms with Gasteiger partial charge in [-0.15, -0.1) is 0 Å². The minimum atomic E-state index is -4.60. The van der Waals surface area contributed by atoms with Gasteiger partial charge in [-0.2, -0.15) is 18.3 Å². The molecule has 7 nitrogen and oxygen atoms in total. The van der Waals surface area contributed by atoms with E-state index in [-0.39, 0.29) is 22.8 Å². The molecule has 158 valence electrons. The number of H-pyrrole nitrogens is 1. The standard InChI is InChI=1S/C20H19F3N4O3/c1-10-9-15(27(26-10)14-8-6-5-7-13(14)20(21,22)23)25-18(28)17-11(2)16(12(3)24-17)19(29)30-4/h5-9,24H,1-4H3,(H,25,28). The van der Waals surface area contributed by atoms with Crippen molar-refractivity contribution in [2.75, 3.05) is 12.4 Å². The first-order valence-corrected chi connectivity index (χ1v) is 8.86. The molecule has 0 radical (unpaired) electrons. The Balaban J connectivity index is 2.02. The second kappa shape index (κ2) is 7.69. The monoisotopic (exact) mass is 420 g/mol. The summed E-state index contributed by atoms with van der Waals surface area (Å²) in [6.07, 6.45) is -4.60. The number of esters is 1. The summed E-state index contributed by atoms with van der Waals surface area (Å²) in [5.41, 5.74) is 0.451. The van der Waals surface area contributed by atoms with Crippen LogP contribution in [0.15, 0.2) is 30.3 Å². The van der Waals surface area contributed by atoms with Crippen molar-refractivity contribution in [3.8, 4) is 5.69 Å². The van der Waals surface area contributed by atoms with E-state index < -0.39 is 23.6 Å². The zero-order valence-corrected chi connectivity index (χ0v) is 16.6. The van der Waals surface area contributed by atoms with Crippen LogP contribution < -0.4 is 5.32 Å². The highest BCUT2D eigenvalue weighted by Crippen LogP contribution is 2.34. The van der Waals surface area contributed by atoms with E-state index in [4.69, 9.17) is 4.74 Å². The molecule has 0 saturated heterocycles. The van der Waals surface area contributed by atoms with Gasteiger partial charge in [-0.05, 0) is 38.5 Å². The van der Waals surface area contributed by atoms with Crippen LogP contribution in [-0.2, 0) is 10.9 Å². The normalized spacial score (nSPS) is 11.4. The van der Waals surface area contributed by atoms with E-state index in [2.05, 4.69) is 15.4 Å². The molecule has 0 aliphatic heterocycles. The van der Waals surface area contributed by atoms with Crippen LogP contribution in [-0.4, -0.2) is 33.8 Å². The van der Waals surface area contributed by atoms with E-state index in [1.807, 2.05) is 0 Å². The van der Waals surface area contributed by atoms with E-state index in [0.29, 0.717) is 17.0 Å². The third-order valence-electron chi connectivity index (χ3n) is 4.56. The Morgan fingerprint density at radius 2 is 1.83 bits per heavy atom. The number of nitrogens with zero attached hydrogens (tertiary/aromatic N) is 2. The van der Waals surface area contributed by atoms with Gasteiger partial charge in [0.05, 0.1) is 29.6 Å². The van der Waals surface area contributed by atoms with Crippen molar-refractivity contribution in [2.45, 2.75) is 26.9 Å². The number of hydrogen-bond acceptors (Lipinski definition) is 4. The van der Waals surface area contributed by atoms with Crippen molar-refractivity contribution in [3.05, 3.63) is 64.1 Å². The minimum Gasteiger partial charge on any atom is -0.465 e. The number of ether oxygens (including phenoxy) is 1. The number of aryl methyl sites for hydroxylation is 2. The van der Waals surface area contributed by atoms with Crippen LogP contribution in [0, 0.1) is 20.8 Å². The molecule has 0 bridgehead atoms. The van der Waals surface area contributed by atoms with Crippen LogP contribution >= 0.6 is 0 Å². The predicted molar refractivity (Wildman–Crippen MR) is 103 cm³/mol. The summed E-state index contributed by atoms with van der Waals surface area (Å²) in [6.45, 7) is 4.79. The average Bonchev–Trinajstić information content (AvgIpc) is 3.19. The number of aromatic nitrogens is 3. The first-order valence-electron chi connectivity index (χ1n) is 8.86. The Morgan fingerprint density at radius 1 is 1.17 bits per heavy atom. The fourth-order valence-corrected chi connectivity index (χ4v) is 3.23. The van der Waals surface area contributed by atoms with Gasteiger partial charge in [-0.1, -0.05) is 12.1 Å². The van der Waals surface area contributed by atoms with Crippen LogP contribution in [0.25, 0.3) is 5.69 Å². The van der Waals surface area contributed by atoms with Gasteiger partial charge in [0.2, 0.25) is 0 Å². The number of amides is 1. The van der Waals surface area contributed by atoms with Gasteiger partial charge in [-0.3, -0.25) is 4.79 Å². The highest BCUT2D eigenvalue weighted by molar-refractivity contribution is 6.06. The van der Waals surface area contributed by atoms with Crippen LogP contribution in [0.1, 0.15) is 43.4 Å². The fourth-order valence-electron chi connectivity index (χ4n) is 3.23. The Morgan fingerprint density at radius 3 is 2.47 bits per heavy atom. The molecule has 3 rings (SSSR count). The molecule has 2 N–H and O–H groups in total. The van der Waals surface area contributed by atoms with E-state index in [0.717, 1.165) is 10.7 Å². The molecule has 0 aliphatic carbocycles. The fraction of sp³-hybridized carbons (Fsp3) is 0.250. The molecule has 0 saturated carbocycles. The Bertz CT molecular complexity index is 1130. The van der Waals surface area contributed by atoms with Gasteiger partial charge in [0.15, 0.2) is 0 Å². The lowest BCUT2D eigenvalue weighted by atomic mass is 10.1. The summed E-state index contributed by atoms with van der Waals surface area (Å²) < 4.78 is 46.0. The second-order valence-corrected chi connectivity index (χ2v) is 6.67. The molecular formula is C20H19F3N4O3. The summed E-state index contributed by atoms with van der Waals surface area (Å²) in [5.74, 6) is -1.17. The lowest BCUT2D eigenvalue weighted by molar-refractivity contribution is -0.137. The number of aromatic amines is 1. The predicted octanol–water partition coefficient (Wildman–Crippen LogP) is 4.18. The van der Waals surface area contributed by atoms with Gasteiger partial charge in [0.1, 0.15) is 11.5 Å². The van der Waals surface area contributed by atoms with Crippen molar-refractivity contribution < 1.29 is 27.5 Å². The minimum absolute atomic E-state index is 0.0560. The third-order valence-corrected chi connectivity index (χ3v) is 4.56. The Labute approximate surface area is 169 Å². The van der Waals surface area contributed by atoms with Crippen LogP contribution in [0.4, 0.5) is 19.0 Å². The molecule has 0 unspecified atom stereocenters. The molecule has 0 spiro atoms. The maximum atomic E-state index is 13.4. The number of hydrogen-bond donors (Lipinski definition) is 2. The second-order valence-electron chi connectivity index (χ2n) is 6.67. The smallest absolute Gasteiger partial charge is 0.418 e. The molecular weight excluding hydrogens is 401 g/mol. The number of para-hydroxylation sites is 1. The average molecular weight is 420 g/mol. The molecule has 30 heavy (non-hydrogen) atoms. The van der Waals surface area contributed by atoms with Crippen LogP contribution in [0.3, 0.4) is 0 Å². The maximum absolute atomic E-state index is 13.4. The number of carbonyl (C=O) groups excluding carboxylic acids is 2. The molecule has 0 aliphatic rings. The Kier molecular flexibility index (Phi) is 5.43. The molecule has 2 aromatic heterocycles. The molecule has 0 fully saturated rings. The first-order chi connectivity index (χ1) is 14.0. The van der Waals surface area contributed by atoms with Crippen molar-refractivity contribution in [3.63, 3.8) is 0 Å². The highest BCUT2D eigenvalue weighted by Gasteiger charge is 2.34. The topological polar surface area (TPSA) is 89.0 Å². The number of halogens is 3. The van der Waals surface area contributed by atoms with Gasteiger partial charge in [0, 0.05) is 11.8 Å². The summed E-state index contributed by atoms with van der Waals surface area (Å²) in [4.78, 5) is 27.6. The number of methoxy groups -OCH3 is 1. The van der Waals surface area contributed by atoms with Gasteiger partial charge >= 0.3 is 12.1 Å². The van der Waals surface area contributed by atoms with Crippen molar-refractivity contribution >= 4 is 17.7 Å². The zero-order chi connectivity index (χ0) is 22.2. The first kappa shape index (κ1) is 21.2. The maximum Gasteiger partial charge on any atom is 0.418 e. The molecule has 0 atom stereocenters. The number of rotatable bonds is 4. The summed E-state index contributed by atoms with van der Waals surface area (Å²) in [5, 5.41) is 6.68. The van der Waals surface area contributed by atoms with Crippen molar-refractivity contribution in [2.24, 2.45) is 0 Å². The molecule has 3 aromatic rings. The SMILES string of the molecule is COC(=O)c1c(C)[nH]c(C(=O)Nc2cc(C)nn2-c2ccccc2C(F)(F)F)c1C. The van der Waals surface area contributed by atoms with E-state index >= 15 is 0 Å². The lowest BCUT2D eigenvalue weighted by Crippen LogP contribution is -2.18. The molecule has 10 heteroatoms. The number of carbonyl (C=O) groups is 2. The Hall–Kier alpha value is -3.56. The number of benzene rings is 1. The number of anilines is 1. The van der Waals surface area contributed by atoms with Crippen molar-refractivity contribution in [1.82, 2.24) is 14.8 Å². The zero-order valence-electron chi connectivity index (χ0n) is 16.6. The third kappa shape index (κ3) is 3.80. The van der Waals surface area contributed by atoms with Crippen LogP contribution in [0.5, 0.6) is 0 Å². The van der Waals surface area contributed by atoms with E-state index in [9.17, 15) is 22.8 Å². The quantitative estimate of drug-likeness (QED) is 0.620. The van der Waals surface area contributed by atoms with Gasteiger partial charge < -0.3 is 15.0 Å². The lowest BCUT2D eigenvalue weighted by Gasteiger charge is -2.15. The largest absolute Gasteiger partial charge is 0.465 e. The molecule has 1 amide bonds. The van der Waals surface area contributed by atoms with Crippen LogP contribution in [0.2, 0.25) is 0 Å². The van der Waals surface area contributed by atoms with E-state index in [1.54, 1.807) is 20.8 Å². The number of nitrogens with one attached hydrogen (secondary N) is 2. The highest BCUT2D eigenvalue weighted by atomic mass is 19.4.